The van der Waals surface area contributed by atoms with Crippen molar-refractivity contribution < 1.29 is 31.5 Å². The Morgan fingerprint density at radius 2 is 1.79 bits per heavy atom. The highest BCUT2D eigenvalue weighted by Gasteiger charge is 2.35. The van der Waals surface area contributed by atoms with E-state index in [1.54, 1.807) is 4.90 Å². The summed E-state index contributed by atoms with van der Waals surface area (Å²) < 4.78 is 68.3. The molecule has 1 saturated heterocycles. The zero-order valence-corrected chi connectivity index (χ0v) is 21.6. The van der Waals surface area contributed by atoms with Gasteiger partial charge in [-0.2, -0.15) is 18.4 Å². The van der Waals surface area contributed by atoms with Crippen LogP contribution in [0.5, 0.6) is 0 Å². The zero-order chi connectivity index (χ0) is 28.5. The first-order chi connectivity index (χ1) is 18.3. The number of hydrogen-bond acceptors (Lipinski definition) is 7. The van der Waals surface area contributed by atoms with Crippen molar-refractivity contribution in [3.05, 3.63) is 69.3 Å². The maximum Gasteiger partial charge on any atom is 0.416 e. The Hall–Kier alpha value is -3.96. The van der Waals surface area contributed by atoms with Crippen molar-refractivity contribution in [2.45, 2.75) is 31.1 Å². The van der Waals surface area contributed by atoms with Gasteiger partial charge < -0.3 is 10.0 Å². The maximum absolute atomic E-state index is 14.1. The van der Waals surface area contributed by atoms with Crippen LogP contribution in [-0.2, 0) is 29.1 Å². The van der Waals surface area contributed by atoms with Crippen molar-refractivity contribution in [3.8, 4) is 6.07 Å². The summed E-state index contributed by atoms with van der Waals surface area (Å²) >= 11 is 0. The monoisotopic (exact) mass is 563 g/mol. The standard InChI is InChI=1S/C25H24F3N5O5S/c1-2-39(37,38)22-4-3-16(12-29)9-18(22)14-33-15-30-21-10-17(13-31-5-7-32(8-6-31)24(35)36)20(25(26,27)28)11-19(21)23(33)34/h3-4,9-11,15H,2,5-8,13-14H2,1H3,(H,35,36). The van der Waals surface area contributed by atoms with Crippen LogP contribution in [0.1, 0.15) is 29.2 Å². The molecule has 1 aliphatic rings. The lowest BCUT2D eigenvalue weighted by molar-refractivity contribution is -0.138. The van der Waals surface area contributed by atoms with Crippen LogP contribution >= 0.6 is 0 Å². The molecule has 1 aromatic heterocycles. The summed E-state index contributed by atoms with van der Waals surface area (Å²) in [6, 6.07) is 7.80. The first-order valence-corrected chi connectivity index (χ1v) is 13.5. The van der Waals surface area contributed by atoms with Gasteiger partial charge in [-0.15, -0.1) is 0 Å². The van der Waals surface area contributed by atoms with E-state index in [0.29, 0.717) is 0 Å². The van der Waals surface area contributed by atoms with E-state index in [9.17, 15) is 36.4 Å². The summed E-state index contributed by atoms with van der Waals surface area (Å²) in [4.78, 5) is 31.4. The van der Waals surface area contributed by atoms with Crippen LogP contribution in [0.25, 0.3) is 10.9 Å². The van der Waals surface area contributed by atoms with Crippen LogP contribution in [0.3, 0.4) is 0 Å². The smallest absolute Gasteiger partial charge is 0.416 e. The molecule has 0 unspecified atom stereocenters. The van der Waals surface area contributed by atoms with Gasteiger partial charge >= 0.3 is 12.3 Å². The Balaban J connectivity index is 1.74. The lowest BCUT2D eigenvalue weighted by atomic mass is 10.0. The second-order valence-corrected chi connectivity index (χ2v) is 11.3. The van der Waals surface area contributed by atoms with E-state index in [1.165, 1.54) is 36.1 Å². The van der Waals surface area contributed by atoms with Crippen LogP contribution in [0.15, 0.2) is 46.3 Å². The van der Waals surface area contributed by atoms with Crippen molar-refractivity contribution >= 4 is 26.8 Å². The number of amides is 1. The van der Waals surface area contributed by atoms with E-state index >= 15 is 0 Å². The predicted molar refractivity (Wildman–Crippen MR) is 134 cm³/mol. The quantitative estimate of drug-likeness (QED) is 0.484. The number of rotatable bonds is 6. The normalized spacial score (nSPS) is 14.9. The summed E-state index contributed by atoms with van der Waals surface area (Å²) in [7, 11) is -3.72. The van der Waals surface area contributed by atoms with Gasteiger partial charge in [0.05, 0.1) is 51.6 Å². The van der Waals surface area contributed by atoms with E-state index in [1.807, 2.05) is 6.07 Å². The number of sulfone groups is 1. The highest BCUT2D eigenvalue weighted by molar-refractivity contribution is 7.91. The predicted octanol–water partition coefficient (Wildman–Crippen LogP) is 2.92. The van der Waals surface area contributed by atoms with E-state index in [2.05, 4.69) is 4.98 Å². The third-order valence-electron chi connectivity index (χ3n) is 6.64. The second-order valence-electron chi connectivity index (χ2n) is 9.09. The fraction of sp³-hybridized carbons (Fsp3) is 0.360. The third kappa shape index (κ3) is 5.89. The van der Waals surface area contributed by atoms with E-state index in [-0.39, 0.29) is 77.5 Å². The lowest BCUT2D eigenvalue weighted by Gasteiger charge is -2.33. The second kappa shape index (κ2) is 10.7. The molecule has 2 aromatic carbocycles. The minimum Gasteiger partial charge on any atom is -0.465 e. The number of alkyl halides is 3. The van der Waals surface area contributed by atoms with Gasteiger partial charge in [0.1, 0.15) is 0 Å². The van der Waals surface area contributed by atoms with Gasteiger partial charge in [-0.05, 0) is 41.5 Å². The minimum atomic E-state index is -4.77. The number of carbonyl (C=O) groups is 1. The summed E-state index contributed by atoms with van der Waals surface area (Å²) in [5, 5.41) is 18.0. The fourth-order valence-electron chi connectivity index (χ4n) is 4.51. The molecule has 2 heterocycles. The topological polar surface area (TPSA) is 137 Å². The van der Waals surface area contributed by atoms with Gasteiger partial charge in [0.25, 0.3) is 5.56 Å². The number of hydrogen-bond donors (Lipinski definition) is 1. The minimum absolute atomic E-state index is 0.0376. The Labute approximate surface area is 221 Å². The first kappa shape index (κ1) is 28.1. The van der Waals surface area contributed by atoms with E-state index in [4.69, 9.17) is 5.11 Å². The molecule has 0 atom stereocenters. The number of nitrogens with zero attached hydrogens (tertiary/aromatic N) is 5. The molecular weight excluding hydrogens is 539 g/mol. The molecule has 1 fully saturated rings. The molecule has 10 nitrogen and oxygen atoms in total. The Morgan fingerprint density at radius 3 is 2.38 bits per heavy atom. The first-order valence-electron chi connectivity index (χ1n) is 11.9. The highest BCUT2D eigenvalue weighted by Crippen LogP contribution is 2.34. The molecule has 0 spiro atoms. The Morgan fingerprint density at radius 1 is 1.10 bits per heavy atom. The molecule has 1 amide bonds. The van der Waals surface area contributed by atoms with Crippen molar-refractivity contribution in [3.63, 3.8) is 0 Å². The van der Waals surface area contributed by atoms with Crippen LogP contribution in [0.4, 0.5) is 18.0 Å². The molecule has 1 aliphatic heterocycles. The van der Waals surface area contributed by atoms with Crippen molar-refractivity contribution in [2.24, 2.45) is 0 Å². The molecule has 39 heavy (non-hydrogen) atoms. The fourth-order valence-corrected chi connectivity index (χ4v) is 5.62. The molecule has 14 heteroatoms. The Bertz CT molecular complexity index is 1640. The van der Waals surface area contributed by atoms with Gasteiger partial charge in [-0.3, -0.25) is 14.3 Å². The van der Waals surface area contributed by atoms with Gasteiger partial charge in [-0.1, -0.05) is 6.92 Å². The van der Waals surface area contributed by atoms with Gasteiger partial charge in [0.2, 0.25) is 0 Å². The number of aromatic nitrogens is 2. The van der Waals surface area contributed by atoms with E-state index < -0.39 is 33.2 Å². The number of piperazine rings is 1. The number of nitriles is 1. The number of carboxylic acid groups (broad SMARTS) is 1. The third-order valence-corrected chi connectivity index (χ3v) is 8.47. The zero-order valence-electron chi connectivity index (χ0n) is 20.8. The number of fused-ring (bicyclic) bond motifs is 1. The van der Waals surface area contributed by atoms with Gasteiger partial charge in [0, 0.05) is 32.7 Å². The van der Waals surface area contributed by atoms with Gasteiger partial charge in [0.15, 0.2) is 9.84 Å². The molecule has 4 rings (SSSR count). The lowest BCUT2D eigenvalue weighted by Crippen LogP contribution is -2.47. The molecule has 0 aliphatic carbocycles. The number of benzene rings is 2. The molecule has 3 aromatic rings. The van der Waals surface area contributed by atoms with Crippen LogP contribution in [0.2, 0.25) is 0 Å². The average Bonchev–Trinajstić information content (AvgIpc) is 2.89. The van der Waals surface area contributed by atoms with Crippen molar-refractivity contribution in [2.75, 3.05) is 31.9 Å². The molecule has 0 bridgehead atoms. The SMILES string of the molecule is CCS(=O)(=O)c1ccc(C#N)cc1Cn1cnc2cc(CN3CCN(C(=O)O)CC3)c(C(F)(F)F)cc2c1=O. The molecule has 0 saturated carbocycles. The van der Waals surface area contributed by atoms with Crippen LogP contribution < -0.4 is 5.56 Å². The van der Waals surface area contributed by atoms with Crippen LogP contribution in [-0.4, -0.2) is 70.9 Å². The van der Waals surface area contributed by atoms with Crippen molar-refractivity contribution in [1.82, 2.24) is 19.4 Å². The molecule has 206 valence electrons. The molecule has 0 radical (unpaired) electrons. The largest absolute Gasteiger partial charge is 0.465 e. The molecular formula is C25H24F3N5O5S. The molecule has 1 N–H and O–H groups in total. The summed E-state index contributed by atoms with van der Waals surface area (Å²) in [6.07, 6.45) is -4.73. The Kier molecular flexibility index (Phi) is 7.67. The summed E-state index contributed by atoms with van der Waals surface area (Å²) in [6.45, 7) is 1.85. The van der Waals surface area contributed by atoms with Gasteiger partial charge in [-0.25, -0.2) is 18.2 Å². The highest BCUT2D eigenvalue weighted by atomic mass is 32.2. The van der Waals surface area contributed by atoms with Crippen molar-refractivity contribution in [1.29, 1.82) is 5.26 Å². The van der Waals surface area contributed by atoms with E-state index in [0.717, 1.165) is 17.0 Å². The maximum atomic E-state index is 14.1. The summed E-state index contributed by atoms with van der Waals surface area (Å²) in [5.74, 6) is -0.222. The summed E-state index contributed by atoms with van der Waals surface area (Å²) in [5.41, 5.74) is -1.55. The van der Waals surface area contributed by atoms with Crippen LogP contribution in [0, 0.1) is 11.3 Å². The number of halogens is 3. The average molecular weight is 564 g/mol.